The number of hydrogen-bond donors (Lipinski definition) is 3. The first kappa shape index (κ1) is 13.3. The molecule has 0 saturated carbocycles. The Labute approximate surface area is 109 Å². The molecule has 1 amide bonds. The van der Waals surface area contributed by atoms with Crippen LogP contribution in [0, 0.1) is 10.1 Å². The summed E-state index contributed by atoms with van der Waals surface area (Å²) in [7, 11) is 0. The van der Waals surface area contributed by atoms with Crippen molar-refractivity contribution in [2.24, 2.45) is 0 Å². The van der Waals surface area contributed by atoms with E-state index in [0.29, 0.717) is 37.2 Å². The van der Waals surface area contributed by atoms with Gasteiger partial charge in [-0.3, -0.25) is 14.9 Å². The lowest BCUT2D eigenvalue weighted by molar-refractivity contribution is -0.384. The number of anilines is 2. The van der Waals surface area contributed by atoms with E-state index in [-0.39, 0.29) is 18.2 Å². The molecule has 0 saturated heterocycles. The predicted octanol–water partition coefficient (Wildman–Crippen LogP) is 1.27. The van der Waals surface area contributed by atoms with Crippen molar-refractivity contribution in [1.29, 1.82) is 0 Å². The average Bonchev–Trinajstić information content (AvgIpc) is 2.37. The van der Waals surface area contributed by atoms with Gasteiger partial charge in [0.25, 0.3) is 5.69 Å². The second kappa shape index (κ2) is 5.66. The lowest BCUT2D eigenvalue weighted by Crippen LogP contribution is -2.19. The first-order valence-electron chi connectivity index (χ1n) is 6.07. The zero-order chi connectivity index (χ0) is 13.8. The number of aliphatic hydroxyl groups is 1. The third-order valence-corrected chi connectivity index (χ3v) is 2.96. The van der Waals surface area contributed by atoms with Crippen LogP contribution >= 0.6 is 0 Å². The van der Waals surface area contributed by atoms with Crippen LogP contribution in [-0.2, 0) is 11.2 Å². The van der Waals surface area contributed by atoms with Crippen molar-refractivity contribution >= 4 is 23.0 Å². The van der Waals surface area contributed by atoms with Crippen molar-refractivity contribution in [1.82, 2.24) is 0 Å². The molecule has 7 heteroatoms. The highest BCUT2D eigenvalue weighted by Crippen LogP contribution is 2.33. The van der Waals surface area contributed by atoms with Crippen LogP contribution in [0.15, 0.2) is 12.1 Å². The molecule has 0 radical (unpaired) electrons. The van der Waals surface area contributed by atoms with Crippen LogP contribution in [0.4, 0.5) is 17.1 Å². The fourth-order valence-electron chi connectivity index (χ4n) is 2.01. The highest BCUT2D eigenvalue weighted by Gasteiger charge is 2.22. The van der Waals surface area contributed by atoms with Crippen LogP contribution < -0.4 is 10.6 Å². The molecule has 1 aliphatic rings. The van der Waals surface area contributed by atoms with Gasteiger partial charge in [0.1, 0.15) is 5.69 Å². The number of nitro groups is 1. The average molecular weight is 265 g/mol. The van der Waals surface area contributed by atoms with Gasteiger partial charge in [0.2, 0.25) is 5.91 Å². The topological polar surface area (TPSA) is 104 Å². The van der Waals surface area contributed by atoms with Crippen molar-refractivity contribution in [3.8, 4) is 0 Å². The number of nitro benzene ring substituents is 1. The van der Waals surface area contributed by atoms with Crippen LogP contribution in [0.1, 0.15) is 18.4 Å². The minimum Gasteiger partial charge on any atom is -0.396 e. The Balaban J connectivity index is 2.31. The number of amides is 1. The number of aliphatic hydroxyl groups excluding tert-OH is 1. The van der Waals surface area contributed by atoms with Crippen molar-refractivity contribution in [2.45, 2.75) is 19.3 Å². The van der Waals surface area contributed by atoms with E-state index >= 15 is 0 Å². The molecule has 0 atom stereocenters. The summed E-state index contributed by atoms with van der Waals surface area (Å²) in [6.07, 6.45) is 1.36. The first-order valence-corrected chi connectivity index (χ1v) is 6.07. The van der Waals surface area contributed by atoms with Gasteiger partial charge in [0, 0.05) is 31.3 Å². The van der Waals surface area contributed by atoms with E-state index in [1.807, 2.05) is 0 Å². The van der Waals surface area contributed by atoms with Gasteiger partial charge >= 0.3 is 0 Å². The number of carbonyl (C=O) groups is 1. The van der Waals surface area contributed by atoms with Gasteiger partial charge in [-0.1, -0.05) is 0 Å². The van der Waals surface area contributed by atoms with Crippen LogP contribution in [0.3, 0.4) is 0 Å². The Hall–Kier alpha value is -2.15. The zero-order valence-corrected chi connectivity index (χ0v) is 10.3. The molecule has 0 unspecified atom stereocenters. The molecule has 19 heavy (non-hydrogen) atoms. The van der Waals surface area contributed by atoms with E-state index in [9.17, 15) is 14.9 Å². The Bertz CT molecular complexity index is 516. The minimum absolute atomic E-state index is 0.00663. The number of fused-ring (bicyclic) bond motifs is 1. The molecule has 1 aromatic carbocycles. The Kier molecular flexibility index (Phi) is 3.96. The fourth-order valence-corrected chi connectivity index (χ4v) is 2.01. The maximum Gasteiger partial charge on any atom is 0.292 e. The van der Waals surface area contributed by atoms with Gasteiger partial charge in [-0.2, -0.15) is 0 Å². The van der Waals surface area contributed by atoms with Crippen molar-refractivity contribution in [3.05, 3.63) is 27.8 Å². The highest BCUT2D eigenvalue weighted by atomic mass is 16.6. The number of nitrogens with one attached hydrogen (secondary N) is 2. The van der Waals surface area contributed by atoms with E-state index in [4.69, 9.17) is 5.11 Å². The second-order valence-electron chi connectivity index (χ2n) is 4.34. The molecule has 2 rings (SSSR count). The summed E-state index contributed by atoms with van der Waals surface area (Å²) in [6, 6.07) is 3.08. The van der Waals surface area contributed by atoms with Crippen LogP contribution in [0.5, 0.6) is 0 Å². The summed E-state index contributed by atoms with van der Waals surface area (Å²) in [6.45, 7) is 0.451. The summed E-state index contributed by atoms with van der Waals surface area (Å²) in [5.74, 6) is -0.0809. The van der Waals surface area contributed by atoms with Gasteiger partial charge in [0.05, 0.1) is 4.92 Å². The van der Waals surface area contributed by atoms with Gasteiger partial charge in [0.15, 0.2) is 0 Å². The second-order valence-corrected chi connectivity index (χ2v) is 4.34. The molecular weight excluding hydrogens is 250 g/mol. The molecule has 7 nitrogen and oxygen atoms in total. The quantitative estimate of drug-likeness (QED) is 0.422. The number of aryl methyl sites for hydroxylation is 1. The lowest BCUT2D eigenvalue weighted by Gasteiger charge is -2.18. The van der Waals surface area contributed by atoms with Crippen LogP contribution in [0.2, 0.25) is 0 Å². The molecule has 0 bridgehead atoms. The SMILES string of the molecule is O=C1CCc2cc([N+](=O)[O-])c(NCCCO)cc2N1. The van der Waals surface area contributed by atoms with Crippen LogP contribution in [0.25, 0.3) is 0 Å². The van der Waals surface area contributed by atoms with Crippen molar-refractivity contribution < 1.29 is 14.8 Å². The summed E-state index contributed by atoms with van der Waals surface area (Å²) in [5, 5.41) is 25.4. The highest BCUT2D eigenvalue weighted by molar-refractivity contribution is 5.95. The molecule has 3 N–H and O–H groups in total. The standard InChI is InChI=1S/C12H15N3O4/c16-5-1-4-13-10-7-9-8(2-3-12(17)14-9)6-11(10)15(18)19/h6-7,13,16H,1-5H2,(H,14,17). The van der Waals surface area contributed by atoms with E-state index in [0.717, 1.165) is 5.56 Å². The molecule has 1 aliphatic heterocycles. The maximum absolute atomic E-state index is 11.3. The number of carbonyl (C=O) groups excluding carboxylic acids is 1. The van der Waals surface area contributed by atoms with E-state index < -0.39 is 4.92 Å². The van der Waals surface area contributed by atoms with Gasteiger partial charge < -0.3 is 15.7 Å². The molecule has 1 heterocycles. The zero-order valence-electron chi connectivity index (χ0n) is 10.3. The Morgan fingerprint density at radius 2 is 2.21 bits per heavy atom. The molecule has 0 aliphatic carbocycles. The van der Waals surface area contributed by atoms with E-state index in [1.54, 1.807) is 6.07 Å². The molecular formula is C12H15N3O4. The summed E-state index contributed by atoms with van der Waals surface area (Å²) < 4.78 is 0. The predicted molar refractivity (Wildman–Crippen MR) is 70.2 cm³/mol. The molecule has 0 fully saturated rings. The summed E-state index contributed by atoms with van der Waals surface area (Å²) in [5.41, 5.74) is 1.75. The Morgan fingerprint density at radius 3 is 2.89 bits per heavy atom. The maximum atomic E-state index is 11.3. The van der Waals surface area contributed by atoms with Gasteiger partial charge in [-0.25, -0.2) is 0 Å². The summed E-state index contributed by atoms with van der Waals surface area (Å²) >= 11 is 0. The smallest absolute Gasteiger partial charge is 0.292 e. The largest absolute Gasteiger partial charge is 0.396 e. The number of nitrogens with zero attached hydrogens (tertiary/aromatic N) is 1. The van der Waals surface area contributed by atoms with E-state index in [1.165, 1.54) is 6.07 Å². The van der Waals surface area contributed by atoms with Gasteiger partial charge in [-0.05, 0) is 24.5 Å². The third kappa shape index (κ3) is 3.00. The summed E-state index contributed by atoms with van der Waals surface area (Å²) in [4.78, 5) is 21.9. The lowest BCUT2D eigenvalue weighted by atomic mass is 10.0. The number of benzene rings is 1. The van der Waals surface area contributed by atoms with Gasteiger partial charge in [-0.15, -0.1) is 0 Å². The Morgan fingerprint density at radius 1 is 1.42 bits per heavy atom. The number of rotatable bonds is 5. The monoisotopic (exact) mass is 265 g/mol. The van der Waals surface area contributed by atoms with Crippen LogP contribution in [-0.4, -0.2) is 29.1 Å². The molecule has 1 aromatic rings. The third-order valence-electron chi connectivity index (χ3n) is 2.96. The normalized spacial score (nSPS) is 13.6. The van der Waals surface area contributed by atoms with Crippen molar-refractivity contribution in [3.63, 3.8) is 0 Å². The fraction of sp³-hybridized carbons (Fsp3) is 0.417. The van der Waals surface area contributed by atoms with E-state index in [2.05, 4.69) is 10.6 Å². The minimum atomic E-state index is -0.446. The molecule has 0 spiro atoms. The molecule has 102 valence electrons. The number of hydrogen-bond acceptors (Lipinski definition) is 5. The first-order chi connectivity index (χ1) is 9.11. The molecule has 0 aromatic heterocycles. The van der Waals surface area contributed by atoms with Crippen molar-refractivity contribution in [2.75, 3.05) is 23.8 Å².